The average molecular weight is 381 g/mol. The Hall–Kier alpha value is -1.96. The third-order valence-corrected chi connectivity index (χ3v) is 6.63. The topological polar surface area (TPSA) is 59.1 Å². The van der Waals surface area contributed by atoms with E-state index in [1.807, 2.05) is 24.3 Å². The lowest BCUT2D eigenvalue weighted by molar-refractivity contribution is 0.174. The van der Waals surface area contributed by atoms with Gasteiger partial charge in [0.05, 0.1) is 15.6 Å². The van der Waals surface area contributed by atoms with Crippen LogP contribution in [-0.4, -0.2) is 45.7 Å². The number of piperazine rings is 1. The highest BCUT2D eigenvalue weighted by Crippen LogP contribution is 2.35. The molecule has 2 heterocycles. The van der Waals surface area contributed by atoms with Gasteiger partial charge in [-0.2, -0.15) is 4.31 Å². The fourth-order valence-electron chi connectivity index (χ4n) is 3.06. The van der Waals surface area contributed by atoms with Crippen LogP contribution in [0.3, 0.4) is 0 Å². The van der Waals surface area contributed by atoms with Crippen LogP contribution in [0.2, 0.25) is 5.02 Å². The molecule has 132 valence electrons. The van der Waals surface area contributed by atoms with Gasteiger partial charge < -0.3 is 14.4 Å². The molecule has 0 N–H and O–H groups in total. The third kappa shape index (κ3) is 3.03. The second kappa shape index (κ2) is 6.40. The number of sulfonamides is 1. The molecule has 0 bridgehead atoms. The number of halogens is 1. The molecule has 6 nitrogen and oxygen atoms in total. The first-order valence-corrected chi connectivity index (χ1v) is 9.77. The van der Waals surface area contributed by atoms with Crippen molar-refractivity contribution in [1.82, 2.24) is 4.31 Å². The molecular formula is C17H17ClN2O4S. The predicted molar refractivity (Wildman–Crippen MR) is 95.0 cm³/mol. The molecule has 0 spiro atoms. The van der Waals surface area contributed by atoms with E-state index in [0.717, 1.165) is 5.69 Å². The van der Waals surface area contributed by atoms with Crippen molar-refractivity contribution in [1.29, 1.82) is 0 Å². The molecule has 8 heteroatoms. The van der Waals surface area contributed by atoms with E-state index in [4.69, 9.17) is 21.1 Å². The van der Waals surface area contributed by atoms with Crippen molar-refractivity contribution in [3.63, 3.8) is 0 Å². The molecule has 0 unspecified atom stereocenters. The highest BCUT2D eigenvalue weighted by Gasteiger charge is 2.30. The molecular weight excluding hydrogens is 364 g/mol. The van der Waals surface area contributed by atoms with Crippen molar-refractivity contribution in [2.45, 2.75) is 4.90 Å². The molecule has 0 amide bonds. The summed E-state index contributed by atoms with van der Waals surface area (Å²) in [4.78, 5) is 2.33. The van der Waals surface area contributed by atoms with Gasteiger partial charge in [0.15, 0.2) is 11.5 Å². The smallest absolute Gasteiger partial charge is 0.243 e. The largest absolute Gasteiger partial charge is 0.454 e. The van der Waals surface area contributed by atoms with Crippen LogP contribution in [0.1, 0.15) is 0 Å². The zero-order valence-electron chi connectivity index (χ0n) is 13.4. The van der Waals surface area contributed by atoms with Crippen molar-refractivity contribution in [3.8, 4) is 11.5 Å². The van der Waals surface area contributed by atoms with Crippen molar-refractivity contribution < 1.29 is 17.9 Å². The number of hydrogen-bond donors (Lipinski definition) is 0. The van der Waals surface area contributed by atoms with E-state index in [9.17, 15) is 8.42 Å². The van der Waals surface area contributed by atoms with Crippen LogP contribution < -0.4 is 14.4 Å². The fourth-order valence-corrected chi connectivity index (χ4v) is 4.76. The Morgan fingerprint density at radius 1 is 0.920 bits per heavy atom. The maximum absolute atomic E-state index is 12.9. The quantitative estimate of drug-likeness (QED) is 0.819. The molecule has 0 aromatic heterocycles. The summed E-state index contributed by atoms with van der Waals surface area (Å²) in [6, 6.07) is 12.3. The first-order valence-electron chi connectivity index (χ1n) is 7.95. The molecule has 0 saturated carbocycles. The van der Waals surface area contributed by atoms with E-state index in [0.29, 0.717) is 42.7 Å². The van der Waals surface area contributed by atoms with Crippen LogP contribution in [0.4, 0.5) is 5.69 Å². The highest BCUT2D eigenvalue weighted by atomic mass is 35.5. The standard InChI is InChI=1S/C17H17ClN2O4S/c18-14-3-1-2-4-15(14)19-7-9-20(10-8-19)25(21,22)13-5-6-16-17(11-13)24-12-23-16/h1-6,11H,7-10,12H2. The molecule has 1 saturated heterocycles. The lowest BCUT2D eigenvalue weighted by Crippen LogP contribution is -2.48. The minimum absolute atomic E-state index is 0.120. The van der Waals surface area contributed by atoms with E-state index in [2.05, 4.69) is 4.90 Å². The van der Waals surface area contributed by atoms with Gasteiger partial charge in [0.25, 0.3) is 0 Å². The number of benzene rings is 2. The van der Waals surface area contributed by atoms with Crippen molar-refractivity contribution >= 4 is 27.3 Å². The summed E-state index contributed by atoms with van der Waals surface area (Å²) in [7, 11) is -3.56. The molecule has 0 aliphatic carbocycles. The molecule has 1 fully saturated rings. The van der Waals surface area contributed by atoms with Gasteiger partial charge in [-0.3, -0.25) is 0 Å². The maximum atomic E-state index is 12.9. The Bertz CT molecular complexity index is 895. The summed E-state index contributed by atoms with van der Waals surface area (Å²) in [6.07, 6.45) is 0. The lowest BCUT2D eigenvalue weighted by Gasteiger charge is -2.35. The Kier molecular flexibility index (Phi) is 4.23. The lowest BCUT2D eigenvalue weighted by atomic mass is 10.2. The monoisotopic (exact) mass is 380 g/mol. The van der Waals surface area contributed by atoms with Crippen LogP contribution >= 0.6 is 11.6 Å². The maximum Gasteiger partial charge on any atom is 0.243 e. The Labute approximate surface area is 151 Å². The van der Waals surface area contributed by atoms with E-state index in [1.54, 1.807) is 12.1 Å². The second-order valence-corrected chi connectivity index (χ2v) is 8.20. The van der Waals surface area contributed by atoms with Crippen LogP contribution in [0.25, 0.3) is 0 Å². The minimum Gasteiger partial charge on any atom is -0.454 e. The number of nitrogens with zero attached hydrogens (tertiary/aromatic N) is 2. The van der Waals surface area contributed by atoms with Crippen molar-refractivity contribution in [2.24, 2.45) is 0 Å². The Balaban J connectivity index is 1.51. The molecule has 4 rings (SSSR count). The fraction of sp³-hybridized carbons (Fsp3) is 0.294. The molecule has 2 aliphatic rings. The van der Waals surface area contributed by atoms with Crippen molar-refractivity contribution in [3.05, 3.63) is 47.5 Å². The normalized spacial score (nSPS) is 17.7. The zero-order chi connectivity index (χ0) is 17.4. The summed E-state index contributed by atoms with van der Waals surface area (Å²) in [5.74, 6) is 1.04. The van der Waals surface area contributed by atoms with Gasteiger partial charge in [0, 0.05) is 32.2 Å². The Morgan fingerprint density at radius 3 is 2.40 bits per heavy atom. The predicted octanol–water partition coefficient (Wildman–Crippen LogP) is 2.58. The molecule has 0 radical (unpaired) electrons. The average Bonchev–Trinajstić information content (AvgIpc) is 3.10. The molecule has 2 aromatic rings. The van der Waals surface area contributed by atoms with E-state index < -0.39 is 10.0 Å². The highest BCUT2D eigenvalue weighted by molar-refractivity contribution is 7.89. The molecule has 2 aromatic carbocycles. The van der Waals surface area contributed by atoms with Gasteiger partial charge in [-0.15, -0.1) is 0 Å². The SMILES string of the molecule is O=S(=O)(c1ccc2c(c1)OCO2)N1CCN(c2ccccc2Cl)CC1. The summed E-state index contributed by atoms with van der Waals surface area (Å²) in [5.41, 5.74) is 0.935. The molecule has 2 aliphatic heterocycles. The van der Waals surface area contributed by atoms with Gasteiger partial charge >= 0.3 is 0 Å². The van der Waals surface area contributed by atoms with Gasteiger partial charge in [-0.1, -0.05) is 23.7 Å². The van der Waals surface area contributed by atoms with E-state index in [-0.39, 0.29) is 11.7 Å². The number of fused-ring (bicyclic) bond motifs is 1. The minimum atomic E-state index is -3.56. The first kappa shape index (κ1) is 16.5. The van der Waals surface area contributed by atoms with Crippen molar-refractivity contribution in [2.75, 3.05) is 37.9 Å². The van der Waals surface area contributed by atoms with Crippen LogP contribution in [-0.2, 0) is 10.0 Å². The summed E-state index contributed by atoms with van der Waals surface area (Å²) in [6.45, 7) is 2.11. The zero-order valence-corrected chi connectivity index (χ0v) is 15.0. The number of para-hydroxylation sites is 1. The summed E-state index contributed by atoms with van der Waals surface area (Å²) in [5, 5.41) is 0.676. The van der Waals surface area contributed by atoms with Gasteiger partial charge in [-0.25, -0.2) is 8.42 Å². The first-order chi connectivity index (χ1) is 12.1. The molecule has 0 atom stereocenters. The summed E-state index contributed by atoms with van der Waals surface area (Å²) < 4.78 is 37.8. The number of anilines is 1. The van der Waals surface area contributed by atoms with Crippen LogP contribution in [0.5, 0.6) is 11.5 Å². The number of rotatable bonds is 3. The van der Waals surface area contributed by atoms with Gasteiger partial charge in [0.1, 0.15) is 0 Å². The van der Waals surface area contributed by atoms with Crippen LogP contribution in [0.15, 0.2) is 47.4 Å². The number of hydrogen-bond acceptors (Lipinski definition) is 5. The number of ether oxygens (including phenoxy) is 2. The second-order valence-electron chi connectivity index (χ2n) is 5.86. The van der Waals surface area contributed by atoms with E-state index in [1.165, 1.54) is 10.4 Å². The summed E-state index contributed by atoms with van der Waals surface area (Å²) >= 11 is 6.23. The third-order valence-electron chi connectivity index (χ3n) is 4.41. The van der Waals surface area contributed by atoms with E-state index >= 15 is 0 Å². The van der Waals surface area contributed by atoms with Gasteiger partial charge in [0.2, 0.25) is 16.8 Å². The van der Waals surface area contributed by atoms with Gasteiger partial charge in [-0.05, 0) is 24.3 Å². The Morgan fingerprint density at radius 2 is 1.64 bits per heavy atom. The van der Waals surface area contributed by atoms with Crippen LogP contribution in [0, 0.1) is 0 Å². The molecule has 25 heavy (non-hydrogen) atoms.